The van der Waals surface area contributed by atoms with E-state index in [1.54, 1.807) is 18.2 Å². The first-order valence-corrected chi connectivity index (χ1v) is 5.05. The fourth-order valence-corrected chi connectivity index (χ4v) is 1.57. The summed E-state index contributed by atoms with van der Waals surface area (Å²) in [4.78, 5) is 14.8. The maximum absolute atomic E-state index is 13.1. The molecular weight excluding hydrogens is 221 g/mol. The first-order valence-electron chi connectivity index (χ1n) is 5.05. The van der Waals surface area contributed by atoms with Crippen molar-refractivity contribution in [3.63, 3.8) is 0 Å². The number of nitrogens with zero attached hydrogens (tertiary/aromatic N) is 1. The van der Waals surface area contributed by atoms with Crippen molar-refractivity contribution in [3.05, 3.63) is 53.5 Å². The Morgan fingerprint density at radius 2 is 2.06 bits per heavy atom. The van der Waals surface area contributed by atoms with Gasteiger partial charge in [0.05, 0.1) is 5.69 Å². The number of carbonyl (C=O) groups is 1. The smallest absolute Gasteiger partial charge is 0.354 e. The number of carboxylic acid groups (broad SMARTS) is 1. The van der Waals surface area contributed by atoms with Crippen LogP contribution in [0.4, 0.5) is 4.39 Å². The Morgan fingerprint density at radius 3 is 2.76 bits per heavy atom. The summed E-state index contributed by atoms with van der Waals surface area (Å²) in [7, 11) is 0. The van der Waals surface area contributed by atoms with Gasteiger partial charge in [-0.3, -0.25) is 0 Å². The number of carboxylic acids is 1. The minimum atomic E-state index is -1.10. The summed E-state index contributed by atoms with van der Waals surface area (Å²) in [5, 5.41) is 8.84. The zero-order valence-corrected chi connectivity index (χ0v) is 9.14. The number of aromatic nitrogens is 1. The number of rotatable bonds is 2. The van der Waals surface area contributed by atoms with E-state index in [1.807, 2.05) is 6.92 Å². The average molecular weight is 231 g/mol. The van der Waals surface area contributed by atoms with Crippen LogP contribution < -0.4 is 0 Å². The van der Waals surface area contributed by atoms with Gasteiger partial charge in [0, 0.05) is 5.56 Å². The van der Waals surface area contributed by atoms with Gasteiger partial charge in [-0.2, -0.15) is 0 Å². The fraction of sp³-hybridized carbons (Fsp3) is 0.0769. The molecule has 0 spiro atoms. The minimum Gasteiger partial charge on any atom is -0.477 e. The van der Waals surface area contributed by atoms with Crippen LogP contribution in [0.25, 0.3) is 11.3 Å². The summed E-state index contributed by atoms with van der Waals surface area (Å²) in [6.07, 6.45) is 0. The van der Waals surface area contributed by atoms with E-state index in [4.69, 9.17) is 5.11 Å². The van der Waals surface area contributed by atoms with E-state index in [9.17, 15) is 9.18 Å². The predicted molar refractivity (Wildman–Crippen MR) is 61.3 cm³/mol. The van der Waals surface area contributed by atoms with Gasteiger partial charge in [0.2, 0.25) is 0 Å². The van der Waals surface area contributed by atoms with Gasteiger partial charge >= 0.3 is 5.97 Å². The Balaban J connectivity index is 2.56. The van der Waals surface area contributed by atoms with E-state index in [0.29, 0.717) is 11.3 Å². The summed E-state index contributed by atoms with van der Waals surface area (Å²) >= 11 is 0. The van der Waals surface area contributed by atoms with E-state index >= 15 is 0 Å². The van der Waals surface area contributed by atoms with Gasteiger partial charge in [0.15, 0.2) is 0 Å². The minimum absolute atomic E-state index is 0.0499. The zero-order chi connectivity index (χ0) is 12.4. The molecule has 4 heteroatoms. The maximum atomic E-state index is 13.1. The van der Waals surface area contributed by atoms with E-state index in [2.05, 4.69) is 4.98 Å². The second-order valence-electron chi connectivity index (χ2n) is 3.67. The average Bonchev–Trinajstić information content (AvgIpc) is 2.32. The first kappa shape index (κ1) is 11.3. The van der Waals surface area contributed by atoms with Crippen molar-refractivity contribution in [1.29, 1.82) is 0 Å². The third-order valence-electron chi connectivity index (χ3n) is 2.44. The third kappa shape index (κ3) is 2.30. The lowest BCUT2D eigenvalue weighted by atomic mass is 10.0. The monoisotopic (exact) mass is 231 g/mol. The van der Waals surface area contributed by atoms with Crippen LogP contribution in [0, 0.1) is 12.7 Å². The van der Waals surface area contributed by atoms with Gasteiger partial charge in [-0.05, 0) is 36.8 Å². The van der Waals surface area contributed by atoms with Crippen molar-refractivity contribution in [2.24, 2.45) is 0 Å². The van der Waals surface area contributed by atoms with Crippen molar-refractivity contribution < 1.29 is 14.3 Å². The molecular formula is C13H10FNO2. The lowest BCUT2D eigenvalue weighted by molar-refractivity contribution is 0.0690. The van der Waals surface area contributed by atoms with Gasteiger partial charge in [-0.1, -0.05) is 12.1 Å². The van der Waals surface area contributed by atoms with E-state index in [0.717, 1.165) is 5.56 Å². The Morgan fingerprint density at radius 1 is 1.29 bits per heavy atom. The molecule has 0 fully saturated rings. The first-order chi connectivity index (χ1) is 8.08. The molecule has 0 aliphatic carbocycles. The summed E-state index contributed by atoms with van der Waals surface area (Å²) in [5.74, 6) is -1.46. The van der Waals surface area contributed by atoms with Crippen molar-refractivity contribution in [3.8, 4) is 11.3 Å². The van der Waals surface area contributed by atoms with Crippen LogP contribution in [-0.4, -0.2) is 16.1 Å². The largest absolute Gasteiger partial charge is 0.477 e. The van der Waals surface area contributed by atoms with Crippen molar-refractivity contribution in [2.45, 2.75) is 6.92 Å². The Labute approximate surface area is 97.6 Å². The lowest BCUT2D eigenvalue weighted by Crippen LogP contribution is -2.01. The van der Waals surface area contributed by atoms with Gasteiger partial charge in [-0.25, -0.2) is 14.2 Å². The molecule has 1 N–H and O–H groups in total. The molecule has 0 saturated heterocycles. The molecule has 0 saturated carbocycles. The van der Waals surface area contributed by atoms with Gasteiger partial charge in [0.1, 0.15) is 11.5 Å². The Bertz CT molecular complexity index is 581. The molecule has 0 atom stereocenters. The van der Waals surface area contributed by atoms with Crippen molar-refractivity contribution in [1.82, 2.24) is 4.98 Å². The van der Waals surface area contributed by atoms with E-state index in [-0.39, 0.29) is 11.5 Å². The van der Waals surface area contributed by atoms with Crippen LogP contribution in [0.1, 0.15) is 16.1 Å². The second-order valence-corrected chi connectivity index (χ2v) is 3.67. The molecule has 86 valence electrons. The van der Waals surface area contributed by atoms with Gasteiger partial charge in [0.25, 0.3) is 0 Å². The molecule has 1 aromatic carbocycles. The highest BCUT2D eigenvalue weighted by atomic mass is 19.1. The fourth-order valence-electron chi connectivity index (χ4n) is 1.57. The summed E-state index contributed by atoms with van der Waals surface area (Å²) in [6.45, 7) is 1.82. The number of aryl methyl sites for hydroxylation is 1. The van der Waals surface area contributed by atoms with E-state index in [1.165, 1.54) is 18.2 Å². The van der Waals surface area contributed by atoms with Crippen molar-refractivity contribution in [2.75, 3.05) is 0 Å². The lowest BCUT2D eigenvalue weighted by Gasteiger charge is -2.05. The van der Waals surface area contributed by atoms with Crippen LogP contribution >= 0.6 is 0 Å². The van der Waals surface area contributed by atoms with Crippen LogP contribution in [-0.2, 0) is 0 Å². The zero-order valence-electron chi connectivity index (χ0n) is 9.14. The molecule has 0 aliphatic heterocycles. The van der Waals surface area contributed by atoms with Crippen LogP contribution in [0.5, 0.6) is 0 Å². The van der Waals surface area contributed by atoms with Gasteiger partial charge in [-0.15, -0.1) is 0 Å². The molecule has 0 aliphatic rings. The van der Waals surface area contributed by atoms with Crippen molar-refractivity contribution >= 4 is 5.97 Å². The summed E-state index contributed by atoms with van der Waals surface area (Å²) in [6, 6.07) is 9.01. The Hall–Kier alpha value is -2.23. The maximum Gasteiger partial charge on any atom is 0.354 e. The van der Waals surface area contributed by atoms with Crippen LogP contribution in [0.3, 0.4) is 0 Å². The second kappa shape index (κ2) is 4.33. The molecule has 0 amide bonds. The highest BCUT2D eigenvalue weighted by molar-refractivity contribution is 5.86. The standard InChI is InChI=1S/C13H10FNO2/c1-8-5-6-9(14)7-10(8)11-3-2-4-12(15-11)13(16)17/h2-7H,1H3,(H,16,17). The molecule has 0 unspecified atom stereocenters. The van der Waals surface area contributed by atoms with Crippen LogP contribution in [0.15, 0.2) is 36.4 Å². The molecule has 1 heterocycles. The highest BCUT2D eigenvalue weighted by Gasteiger charge is 2.09. The quantitative estimate of drug-likeness (QED) is 0.864. The number of benzene rings is 1. The Kier molecular flexibility index (Phi) is 2.87. The molecule has 1 aromatic heterocycles. The number of halogens is 1. The molecule has 3 nitrogen and oxygen atoms in total. The number of aromatic carboxylic acids is 1. The molecule has 2 rings (SSSR count). The van der Waals surface area contributed by atoms with Gasteiger partial charge < -0.3 is 5.11 Å². The summed E-state index contributed by atoms with van der Waals surface area (Å²) < 4.78 is 13.1. The third-order valence-corrected chi connectivity index (χ3v) is 2.44. The normalized spacial score (nSPS) is 10.2. The summed E-state index contributed by atoms with van der Waals surface area (Å²) in [5.41, 5.74) is 1.86. The predicted octanol–water partition coefficient (Wildman–Crippen LogP) is 2.89. The van der Waals surface area contributed by atoms with E-state index < -0.39 is 5.97 Å². The molecule has 0 radical (unpaired) electrons. The molecule has 2 aromatic rings. The number of hydrogen-bond donors (Lipinski definition) is 1. The highest BCUT2D eigenvalue weighted by Crippen LogP contribution is 2.22. The molecule has 0 bridgehead atoms. The number of hydrogen-bond acceptors (Lipinski definition) is 2. The van der Waals surface area contributed by atoms with Crippen LogP contribution in [0.2, 0.25) is 0 Å². The number of pyridine rings is 1. The molecule has 17 heavy (non-hydrogen) atoms. The SMILES string of the molecule is Cc1ccc(F)cc1-c1cccc(C(=O)O)n1. The topological polar surface area (TPSA) is 50.2 Å².